The van der Waals surface area contributed by atoms with Crippen molar-refractivity contribution < 1.29 is 9.53 Å². The SMILES string of the molecule is CCC1(CNCC2CCCN2C(=O)OC(C)(C)C)CC1. The number of likely N-dealkylation sites (tertiary alicyclic amines) is 1. The Kier molecular flexibility index (Phi) is 4.62. The number of carbonyl (C=O) groups excluding carboxylic acids is 1. The number of nitrogens with zero attached hydrogens (tertiary/aromatic N) is 1. The van der Waals surface area contributed by atoms with Gasteiger partial charge in [0.1, 0.15) is 5.60 Å². The van der Waals surface area contributed by atoms with Crippen molar-refractivity contribution in [3.63, 3.8) is 0 Å². The fraction of sp³-hybridized carbons (Fsp3) is 0.938. The van der Waals surface area contributed by atoms with Gasteiger partial charge in [-0.1, -0.05) is 6.92 Å². The average molecular weight is 282 g/mol. The zero-order valence-corrected chi connectivity index (χ0v) is 13.5. The molecule has 1 saturated carbocycles. The summed E-state index contributed by atoms with van der Waals surface area (Å²) < 4.78 is 5.49. The highest BCUT2D eigenvalue weighted by Gasteiger charge is 2.40. The summed E-state index contributed by atoms with van der Waals surface area (Å²) in [5, 5.41) is 3.58. The Balaban J connectivity index is 1.77. The van der Waals surface area contributed by atoms with Crippen molar-refractivity contribution >= 4 is 6.09 Å². The Morgan fingerprint density at radius 2 is 2.10 bits per heavy atom. The molecule has 0 aromatic carbocycles. The van der Waals surface area contributed by atoms with E-state index in [1.807, 2.05) is 25.7 Å². The van der Waals surface area contributed by atoms with Crippen LogP contribution < -0.4 is 5.32 Å². The number of hydrogen-bond acceptors (Lipinski definition) is 3. The molecule has 0 bridgehead atoms. The van der Waals surface area contributed by atoms with Gasteiger partial charge in [-0.3, -0.25) is 0 Å². The predicted molar refractivity (Wildman–Crippen MR) is 80.8 cm³/mol. The Labute approximate surface area is 123 Å². The lowest BCUT2D eigenvalue weighted by Crippen LogP contribution is -2.44. The summed E-state index contributed by atoms with van der Waals surface area (Å²) in [5.74, 6) is 0. The highest BCUT2D eigenvalue weighted by atomic mass is 16.6. The van der Waals surface area contributed by atoms with Crippen LogP contribution in [-0.4, -0.2) is 42.3 Å². The minimum Gasteiger partial charge on any atom is -0.444 e. The lowest BCUT2D eigenvalue weighted by atomic mass is 10.0. The van der Waals surface area contributed by atoms with Gasteiger partial charge in [-0.2, -0.15) is 0 Å². The Morgan fingerprint density at radius 3 is 2.65 bits per heavy atom. The van der Waals surface area contributed by atoms with Crippen LogP contribution in [0.5, 0.6) is 0 Å². The van der Waals surface area contributed by atoms with Crippen molar-refractivity contribution in [2.45, 2.75) is 71.4 Å². The predicted octanol–water partition coefficient (Wildman–Crippen LogP) is 3.17. The normalized spacial score (nSPS) is 24.8. The summed E-state index contributed by atoms with van der Waals surface area (Å²) in [5.41, 5.74) is 0.160. The van der Waals surface area contributed by atoms with Gasteiger partial charge in [-0.15, -0.1) is 0 Å². The molecule has 2 aliphatic rings. The van der Waals surface area contributed by atoms with Crippen molar-refractivity contribution in [2.75, 3.05) is 19.6 Å². The molecule has 1 aliphatic carbocycles. The summed E-state index contributed by atoms with van der Waals surface area (Å²) in [4.78, 5) is 14.1. The molecule has 4 heteroatoms. The molecule has 1 N–H and O–H groups in total. The van der Waals surface area contributed by atoms with E-state index in [1.165, 1.54) is 19.3 Å². The van der Waals surface area contributed by atoms with E-state index in [1.54, 1.807) is 0 Å². The lowest BCUT2D eigenvalue weighted by Gasteiger charge is -2.29. The van der Waals surface area contributed by atoms with Crippen molar-refractivity contribution in [1.29, 1.82) is 0 Å². The second-order valence-corrected chi connectivity index (χ2v) is 7.45. The first kappa shape index (κ1) is 15.6. The van der Waals surface area contributed by atoms with E-state index < -0.39 is 5.60 Å². The molecule has 4 nitrogen and oxygen atoms in total. The second-order valence-electron chi connectivity index (χ2n) is 7.45. The molecule has 0 spiro atoms. The number of amides is 1. The molecule has 1 heterocycles. The van der Waals surface area contributed by atoms with Crippen LogP contribution in [0.4, 0.5) is 4.79 Å². The van der Waals surface area contributed by atoms with Crippen molar-refractivity contribution in [1.82, 2.24) is 10.2 Å². The molecule has 1 aliphatic heterocycles. The molecular weight excluding hydrogens is 252 g/mol. The van der Waals surface area contributed by atoms with Gasteiger partial charge in [0.25, 0.3) is 0 Å². The molecule has 0 aromatic rings. The summed E-state index contributed by atoms with van der Waals surface area (Å²) in [7, 11) is 0. The monoisotopic (exact) mass is 282 g/mol. The van der Waals surface area contributed by atoms with E-state index in [2.05, 4.69) is 12.2 Å². The fourth-order valence-corrected chi connectivity index (χ4v) is 2.94. The van der Waals surface area contributed by atoms with E-state index >= 15 is 0 Å². The molecule has 0 aromatic heterocycles. The third-order valence-electron chi connectivity index (χ3n) is 4.59. The van der Waals surface area contributed by atoms with E-state index in [-0.39, 0.29) is 6.09 Å². The number of rotatable bonds is 5. The summed E-state index contributed by atoms with van der Waals surface area (Å²) in [6.07, 6.45) is 6.00. The zero-order chi connectivity index (χ0) is 14.8. The number of ether oxygens (including phenoxy) is 1. The maximum atomic E-state index is 12.2. The molecule has 20 heavy (non-hydrogen) atoms. The van der Waals surface area contributed by atoms with E-state index in [9.17, 15) is 4.79 Å². The number of nitrogens with one attached hydrogen (secondary N) is 1. The van der Waals surface area contributed by atoms with E-state index in [0.717, 1.165) is 32.5 Å². The first-order valence-corrected chi connectivity index (χ1v) is 8.06. The summed E-state index contributed by atoms with van der Waals surface area (Å²) in [6, 6.07) is 0.303. The molecule has 2 rings (SSSR count). The average Bonchev–Trinajstić information content (AvgIpc) is 2.96. The number of carbonyl (C=O) groups is 1. The minimum absolute atomic E-state index is 0.154. The van der Waals surface area contributed by atoms with Crippen LogP contribution in [0.15, 0.2) is 0 Å². The standard InChI is InChI=1S/C16H30N2O2/c1-5-16(8-9-16)12-17-11-13-7-6-10-18(13)14(19)20-15(2,3)4/h13,17H,5-12H2,1-4H3. The Bertz CT molecular complexity index is 345. The van der Waals surface area contributed by atoms with Gasteiger partial charge in [0.2, 0.25) is 0 Å². The Hall–Kier alpha value is -0.770. The third kappa shape index (κ3) is 4.11. The molecule has 1 amide bonds. The van der Waals surface area contributed by atoms with Crippen molar-refractivity contribution in [3.8, 4) is 0 Å². The van der Waals surface area contributed by atoms with Gasteiger partial charge in [-0.05, 0) is 58.3 Å². The van der Waals surface area contributed by atoms with Crippen LogP contribution in [0.3, 0.4) is 0 Å². The van der Waals surface area contributed by atoms with E-state index in [4.69, 9.17) is 4.74 Å². The van der Waals surface area contributed by atoms with Gasteiger partial charge >= 0.3 is 6.09 Å². The molecular formula is C16H30N2O2. The molecule has 1 unspecified atom stereocenters. The van der Waals surface area contributed by atoms with Crippen molar-refractivity contribution in [2.24, 2.45) is 5.41 Å². The van der Waals surface area contributed by atoms with Crippen LogP contribution >= 0.6 is 0 Å². The Morgan fingerprint density at radius 1 is 1.40 bits per heavy atom. The number of hydrogen-bond donors (Lipinski definition) is 1. The molecule has 1 atom stereocenters. The van der Waals surface area contributed by atoms with Crippen LogP contribution in [0, 0.1) is 5.41 Å². The summed E-state index contributed by atoms with van der Waals surface area (Å²) in [6.45, 7) is 10.9. The lowest BCUT2D eigenvalue weighted by molar-refractivity contribution is 0.0226. The highest BCUT2D eigenvalue weighted by Crippen LogP contribution is 2.47. The van der Waals surface area contributed by atoms with Gasteiger partial charge in [-0.25, -0.2) is 4.79 Å². The quantitative estimate of drug-likeness (QED) is 0.842. The minimum atomic E-state index is -0.405. The smallest absolute Gasteiger partial charge is 0.410 e. The van der Waals surface area contributed by atoms with Crippen LogP contribution in [0.2, 0.25) is 0 Å². The maximum Gasteiger partial charge on any atom is 0.410 e. The van der Waals surface area contributed by atoms with Crippen LogP contribution in [0.1, 0.15) is 59.8 Å². The third-order valence-corrected chi connectivity index (χ3v) is 4.59. The van der Waals surface area contributed by atoms with Crippen LogP contribution in [-0.2, 0) is 4.74 Å². The van der Waals surface area contributed by atoms with Gasteiger partial charge in [0, 0.05) is 25.7 Å². The largest absolute Gasteiger partial charge is 0.444 e. The molecule has 116 valence electrons. The molecule has 2 fully saturated rings. The van der Waals surface area contributed by atoms with E-state index in [0.29, 0.717) is 11.5 Å². The second kappa shape index (κ2) is 5.92. The topological polar surface area (TPSA) is 41.6 Å². The molecule has 1 saturated heterocycles. The first-order valence-electron chi connectivity index (χ1n) is 8.06. The van der Waals surface area contributed by atoms with Gasteiger partial charge in [0.15, 0.2) is 0 Å². The van der Waals surface area contributed by atoms with Gasteiger partial charge < -0.3 is 15.0 Å². The zero-order valence-electron chi connectivity index (χ0n) is 13.5. The van der Waals surface area contributed by atoms with Gasteiger partial charge in [0.05, 0.1) is 0 Å². The van der Waals surface area contributed by atoms with Crippen LogP contribution in [0.25, 0.3) is 0 Å². The first-order chi connectivity index (χ1) is 9.35. The maximum absolute atomic E-state index is 12.2. The summed E-state index contributed by atoms with van der Waals surface area (Å²) >= 11 is 0. The highest BCUT2D eigenvalue weighted by molar-refractivity contribution is 5.69. The molecule has 0 radical (unpaired) electrons. The fourth-order valence-electron chi connectivity index (χ4n) is 2.94. The van der Waals surface area contributed by atoms with Crippen molar-refractivity contribution in [3.05, 3.63) is 0 Å².